The van der Waals surface area contributed by atoms with Crippen molar-refractivity contribution in [1.29, 1.82) is 0 Å². The van der Waals surface area contributed by atoms with Crippen LogP contribution in [0.5, 0.6) is 5.75 Å². The van der Waals surface area contributed by atoms with Crippen LogP contribution in [0.15, 0.2) is 42.5 Å². The van der Waals surface area contributed by atoms with Gasteiger partial charge in [-0.05, 0) is 93.5 Å². The first-order valence-corrected chi connectivity index (χ1v) is 14.8. The molecule has 6 rings (SSSR count). The fraction of sp³-hybridized carbons (Fsp3) is 0.531. The molecule has 11 heteroatoms. The Hall–Kier alpha value is -3.57. The highest BCUT2D eigenvalue weighted by Gasteiger charge is 2.68. The summed E-state index contributed by atoms with van der Waals surface area (Å²) in [4.78, 5) is 37.1. The summed E-state index contributed by atoms with van der Waals surface area (Å²) < 4.78 is 18.4. The van der Waals surface area contributed by atoms with Gasteiger partial charge in [-0.3, -0.25) is 4.79 Å². The second kappa shape index (κ2) is 11.2. The van der Waals surface area contributed by atoms with Gasteiger partial charge in [-0.15, -0.1) is 0 Å². The van der Waals surface area contributed by atoms with Crippen molar-refractivity contribution >= 4 is 25.1 Å². The number of phenols is 1. The Labute approximate surface area is 252 Å². The summed E-state index contributed by atoms with van der Waals surface area (Å²) in [6.45, 7) is 12.2. The van der Waals surface area contributed by atoms with E-state index in [9.17, 15) is 24.6 Å². The number of para-hydroxylation sites is 1. The molecule has 2 aromatic rings. The van der Waals surface area contributed by atoms with Gasteiger partial charge < -0.3 is 34.9 Å². The molecule has 5 unspecified atom stereocenters. The standard InChI is InChI=1S/C32H41BN2O8/c1-30(2,3)41-29(40)34-17-18-10-12-19(13-11-18)27(37)35-25(14-20-8-7-9-22(26(20)36)28(38)39)33-42-24-16-21-15-23(31(21,4)5)32(24,6)43-33/h7-13,21,23-25,36H,14-17H2,1-6H3,(H,34,40)(H,35,37)(H,38,39). The molecular weight excluding hydrogens is 551 g/mol. The fourth-order valence-electron chi connectivity index (χ4n) is 6.97. The van der Waals surface area contributed by atoms with Gasteiger partial charge in [-0.1, -0.05) is 38.1 Å². The summed E-state index contributed by atoms with van der Waals surface area (Å²) >= 11 is 0. The predicted octanol–water partition coefficient (Wildman–Crippen LogP) is 4.72. The van der Waals surface area contributed by atoms with E-state index in [1.54, 1.807) is 57.2 Å². The summed E-state index contributed by atoms with van der Waals surface area (Å²) in [5.74, 6) is -1.81. The summed E-state index contributed by atoms with van der Waals surface area (Å²) in [6, 6.07) is 11.4. The number of aromatic hydroxyl groups is 1. The third-order valence-electron chi connectivity index (χ3n) is 9.46. The summed E-state index contributed by atoms with van der Waals surface area (Å²) in [5.41, 5.74) is 0.346. The van der Waals surface area contributed by atoms with Gasteiger partial charge >= 0.3 is 19.2 Å². The quantitative estimate of drug-likeness (QED) is 0.323. The third kappa shape index (κ3) is 6.10. The smallest absolute Gasteiger partial charge is 0.482 e. The second-order valence-electron chi connectivity index (χ2n) is 13.8. The molecule has 4 fully saturated rings. The lowest BCUT2D eigenvalue weighted by Crippen LogP contribution is -2.65. The number of rotatable bonds is 8. The molecule has 0 aromatic heterocycles. The average molecular weight is 592 g/mol. The first-order chi connectivity index (χ1) is 20.1. The largest absolute Gasteiger partial charge is 0.507 e. The molecule has 1 aliphatic heterocycles. The van der Waals surface area contributed by atoms with Crippen LogP contribution in [0.1, 0.15) is 86.2 Å². The number of nitrogens with one attached hydrogen (secondary N) is 2. The van der Waals surface area contributed by atoms with Crippen molar-refractivity contribution in [1.82, 2.24) is 10.6 Å². The van der Waals surface area contributed by atoms with E-state index in [0.717, 1.165) is 18.4 Å². The van der Waals surface area contributed by atoms with Crippen LogP contribution in [0.3, 0.4) is 0 Å². The van der Waals surface area contributed by atoms with Crippen molar-refractivity contribution in [3.63, 3.8) is 0 Å². The topological polar surface area (TPSA) is 143 Å². The molecule has 0 radical (unpaired) electrons. The first-order valence-electron chi connectivity index (χ1n) is 14.8. The molecule has 43 heavy (non-hydrogen) atoms. The zero-order chi connectivity index (χ0) is 31.3. The lowest BCUT2D eigenvalue weighted by molar-refractivity contribution is -0.199. The van der Waals surface area contributed by atoms with E-state index in [1.807, 2.05) is 0 Å². The monoisotopic (exact) mass is 592 g/mol. The molecule has 0 spiro atoms. The Bertz CT molecular complexity index is 1410. The number of aromatic carboxylic acids is 1. The fourth-order valence-corrected chi connectivity index (χ4v) is 6.97. The summed E-state index contributed by atoms with van der Waals surface area (Å²) in [7, 11) is -0.792. The minimum absolute atomic E-state index is 0.0988. The Morgan fingerprint density at radius 1 is 1.09 bits per heavy atom. The van der Waals surface area contributed by atoms with Crippen molar-refractivity contribution in [3.8, 4) is 5.75 Å². The number of ether oxygens (including phenoxy) is 1. The molecule has 3 saturated carbocycles. The molecule has 5 atom stereocenters. The summed E-state index contributed by atoms with van der Waals surface area (Å²) in [5, 5.41) is 26.0. The molecule has 2 aromatic carbocycles. The van der Waals surface area contributed by atoms with Gasteiger partial charge in [0, 0.05) is 12.1 Å². The van der Waals surface area contributed by atoms with E-state index in [2.05, 4.69) is 31.4 Å². The van der Waals surface area contributed by atoms with E-state index in [0.29, 0.717) is 23.0 Å². The lowest BCUT2D eigenvalue weighted by Gasteiger charge is -2.64. The van der Waals surface area contributed by atoms with Gasteiger partial charge in [0.15, 0.2) is 0 Å². The van der Waals surface area contributed by atoms with Crippen molar-refractivity contribution in [2.75, 3.05) is 0 Å². The van der Waals surface area contributed by atoms with Crippen LogP contribution in [-0.4, -0.2) is 58.5 Å². The molecule has 1 saturated heterocycles. The van der Waals surface area contributed by atoms with Gasteiger partial charge in [-0.2, -0.15) is 0 Å². The number of carboxylic acids is 1. The van der Waals surface area contributed by atoms with Crippen molar-refractivity contribution in [3.05, 3.63) is 64.7 Å². The molecule has 3 aliphatic carbocycles. The number of carboxylic acid groups (broad SMARTS) is 1. The number of carbonyl (C=O) groups is 3. The molecule has 2 amide bonds. The Morgan fingerprint density at radius 2 is 1.79 bits per heavy atom. The highest BCUT2D eigenvalue weighted by Crippen LogP contribution is 2.65. The van der Waals surface area contributed by atoms with Crippen LogP contribution in [0.25, 0.3) is 0 Å². The van der Waals surface area contributed by atoms with Gasteiger partial charge in [0.25, 0.3) is 5.91 Å². The van der Waals surface area contributed by atoms with Gasteiger partial charge in [0.05, 0.1) is 17.6 Å². The Balaban J connectivity index is 1.33. The van der Waals surface area contributed by atoms with E-state index >= 15 is 0 Å². The normalized spacial score (nSPS) is 26.1. The van der Waals surface area contributed by atoms with E-state index in [1.165, 1.54) is 6.07 Å². The number of alkyl carbamates (subject to hydrolysis) is 1. The zero-order valence-electron chi connectivity index (χ0n) is 25.6. The van der Waals surface area contributed by atoms with Crippen LogP contribution in [0.4, 0.5) is 4.79 Å². The Morgan fingerprint density at radius 3 is 2.42 bits per heavy atom. The summed E-state index contributed by atoms with van der Waals surface area (Å²) in [6.07, 6.45) is 1.39. The minimum atomic E-state index is -1.24. The maximum Gasteiger partial charge on any atom is 0.482 e. The van der Waals surface area contributed by atoms with Gasteiger partial charge in [-0.25, -0.2) is 9.59 Å². The van der Waals surface area contributed by atoms with E-state index < -0.39 is 36.3 Å². The van der Waals surface area contributed by atoms with Crippen molar-refractivity contribution in [2.45, 2.75) is 90.6 Å². The Kier molecular flexibility index (Phi) is 8.02. The van der Waals surface area contributed by atoms with Crippen LogP contribution in [-0.2, 0) is 27.0 Å². The van der Waals surface area contributed by atoms with Gasteiger partial charge in [0.1, 0.15) is 16.9 Å². The van der Waals surface area contributed by atoms with E-state index in [4.69, 9.17) is 14.0 Å². The highest BCUT2D eigenvalue weighted by molar-refractivity contribution is 6.48. The number of carbonyl (C=O) groups excluding carboxylic acids is 2. The zero-order valence-corrected chi connectivity index (χ0v) is 25.6. The maximum atomic E-state index is 13.5. The minimum Gasteiger partial charge on any atom is -0.507 e. The molecule has 10 nitrogen and oxygen atoms in total. The molecule has 4 aliphatic rings. The van der Waals surface area contributed by atoms with Gasteiger partial charge in [0.2, 0.25) is 0 Å². The molecule has 2 bridgehead atoms. The molecule has 4 N–H and O–H groups in total. The molecule has 1 heterocycles. The average Bonchev–Trinajstić information content (AvgIpc) is 3.29. The maximum absolute atomic E-state index is 13.5. The third-order valence-corrected chi connectivity index (χ3v) is 9.46. The van der Waals surface area contributed by atoms with Crippen LogP contribution in [0.2, 0.25) is 0 Å². The molecular formula is C32H41BN2O8. The SMILES string of the molecule is CC(C)(C)OC(=O)NCc1ccc(C(=O)NC(Cc2cccc(C(=O)O)c2O)B2OC3CC4CC(C4(C)C)C3(C)O2)cc1. The lowest BCUT2D eigenvalue weighted by atomic mass is 9.43. The predicted molar refractivity (Wildman–Crippen MR) is 160 cm³/mol. The molecule has 230 valence electrons. The van der Waals surface area contributed by atoms with Crippen molar-refractivity contribution < 1.29 is 38.6 Å². The van der Waals surface area contributed by atoms with Crippen LogP contribution in [0, 0.1) is 17.3 Å². The van der Waals surface area contributed by atoms with Crippen LogP contribution < -0.4 is 10.6 Å². The number of benzene rings is 2. The first kappa shape index (κ1) is 30.9. The number of hydrogen-bond donors (Lipinski definition) is 4. The number of hydrogen-bond acceptors (Lipinski definition) is 7. The second-order valence-corrected chi connectivity index (χ2v) is 13.8. The highest BCUT2D eigenvalue weighted by atomic mass is 16.7. The van der Waals surface area contributed by atoms with E-state index in [-0.39, 0.29) is 41.7 Å². The number of amides is 2. The van der Waals surface area contributed by atoms with Crippen molar-refractivity contribution in [2.24, 2.45) is 17.3 Å². The van der Waals surface area contributed by atoms with Crippen LogP contribution >= 0.6 is 0 Å².